The lowest BCUT2D eigenvalue weighted by atomic mass is 9.91. The highest BCUT2D eigenvalue weighted by atomic mass is 32.1. The third-order valence-corrected chi connectivity index (χ3v) is 2.77. The van der Waals surface area contributed by atoms with Crippen molar-refractivity contribution in [2.45, 2.75) is 46.6 Å². The predicted molar refractivity (Wildman–Crippen MR) is 63.1 cm³/mol. The molecule has 3 nitrogen and oxygen atoms in total. The maximum atomic E-state index is 11.7. The molecule has 0 fully saturated rings. The Hall–Kier alpha value is -0.640. The Bertz CT molecular complexity index is 245. The molecule has 0 heterocycles. The van der Waals surface area contributed by atoms with Crippen molar-refractivity contribution >= 4 is 23.1 Å². The van der Waals surface area contributed by atoms with Crippen molar-refractivity contribution < 1.29 is 4.79 Å². The molecule has 14 heavy (non-hydrogen) atoms. The van der Waals surface area contributed by atoms with Crippen molar-refractivity contribution in [3.05, 3.63) is 0 Å². The Morgan fingerprint density at radius 2 is 1.79 bits per heavy atom. The van der Waals surface area contributed by atoms with Crippen molar-refractivity contribution in [2.24, 2.45) is 11.1 Å². The minimum atomic E-state index is -0.570. The van der Waals surface area contributed by atoms with Gasteiger partial charge in [-0.05, 0) is 13.3 Å². The summed E-state index contributed by atoms with van der Waals surface area (Å²) >= 11 is 4.93. The summed E-state index contributed by atoms with van der Waals surface area (Å²) in [4.78, 5) is 12.0. The van der Waals surface area contributed by atoms with Gasteiger partial charge in [0.05, 0.1) is 10.5 Å². The zero-order chi connectivity index (χ0) is 11.6. The van der Waals surface area contributed by atoms with E-state index in [0.29, 0.717) is 11.4 Å². The average molecular weight is 216 g/mol. The number of hydrogen-bond acceptors (Lipinski definition) is 2. The number of hydrogen-bond donors (Lipinski definition) is 2. The highest BCUT2D eigenvalue weighted by Crippen LogP contribution is 2.17. The molecular weight excluding hydrogens is 196 g/mol. The molecule has 0 radical (unpaired) electrons. The van der Waals surface area contributed by atoms with Crippen LogP contribution in [0, 0.1) is 5.41 Å². The maximum absolute atomic E-state index is 11.7. The van der Waals surface area contributed by atoms with Crippen molar-refractivity contribution in [3.8, 4) is 0 Å². The average Bonchev–Trinajstić information content (AvgIpc) is 2.02. The van der Waals surface area contributed by atoms with E-state index in [0.717, 1.165) is 0 Å². The molecule has 0 saturated heterocycles. The number of nitrogens with one attached hydrogen (secondary N) is 1. The standard InChI is InChI=1S/C10H20N2OS/c1-6-10(5,7(11)14)12-8(13)9(2,3)4/h6H2,1-5H3,(H2,11,14)(H,12,13). The molecule has 0 spiro atoms. The van der Waals surface area contributed by atoms with Gasteiger partial charge in [0.25, 0.3) is 0 Å². The Balaban J connectivity index is 4.65. The summed E-state index contributed by atoms with van der Waals surface area (Å²) < 4.78 is 0. The lowest BCUT2D eigenvalue weighted by Crippen LogP contribution is -2.56. The first kappa shape index (κ1) is 13.4. The van der Waals surface area contributed by atoms with E-state index in [2.05, 4.69) is 5.32 Å². The van der Waals surface area contributed by atoms with E-state index >= 15 is 0 Å². The number of nitrogens with two attached hydrogens (primary N) is 1. The van der Waals surface area contributed by atoms with Crippen LogP contribution in [0.25, 0.3) is 0 Å². The second-order valence-electron chi connectivity index (χ2n) is 4.75. The summed E-state index contributed by atoms with van der Waals surface area (Å²) in [5.41, 5.74) is 4.60. The van der Waals surface area contributed by atoms with Gasteiger partial charge in [0.2, 0.25) is 5.91 Å². The highest BCUT2D eigenvalue weighted by molar-refractivity contribution is 7.80. The third kappa shape index (κ3) is 3.25. The van der Waals surface area contributed by atoms with Crippen LogP contribution in [0.3, 0.4) is 0 Å². The molecule has 0 bridgehead atoms. The van der Waals surface area contributed by atoms with E-state index in [-0.39, 0.29) is 5.91 Å². The van der Waals surface area contributed by atoms with E-state index in [4.69, 9.17) is 18.0 Å². The molecule has 1 amide bonds. The first-order chi connectivity index (χ1) is 6.13. The zero-order valence-corrected chi connectivity index (χ0v) is 10.4. The number of carbonyl (C=O) groups is 1. The van der Waals surface area contributed by atoms with Crippen LogP contribution >= 0.6 is 12.2 Å². The second-order valence-corrected chi connectivity index (χ2v) is 5.19. The van der Waals surface area contributed by atoms with Gasteiger partial charge in [0.15, 0.2) is 0 Å². The SMILES string of the molecule is CCC(C)(NC(=O)C(C)(C)C)C(N)=S. The first-order valence-corrected chi connectivity index (χ1v) is 5.17. The molecule has 0 aromatic carbocycles. The topological polar surface area (TPSA) is 55.1 Å². The van der Waals surface area contributed by atoms with E-state index in [1.807, 2.05) is 34.6 Å². The van der Waals surface area contributed by atoms with E-state index in [1.54, 1.807) is 0 Å². The fraction of sp³-hybridized carbons (Fsp3) is 0.800. The van der Waals surface area contributed by atoms with E-state index < -0.39 is 11.0 Å². The molecule has 0 aliphatic carbocycles. The molecular formula is C10H20N2OS. The van der Waals surface area contributed by atoms with Crippen LogP contribution in [0.5, 0.6) is 0 Å². The van der Waals surface area contributed by atoms with Gasteiger partial charge in [0.1, 0.15) is 0 Å². The number of thiocarbonyl (C=S) groups is 1. The van der Waals surface area contributed by atoms with Gasteiger partial charge in [-0.15, -0.1) is 0 Å². The fourth-order valence-electron chi connectivity index (χ4n) is 0.762. The third-order valence-electron chi connectivity index (χ3n) is 2.32. The molecule has 0 aliphatic heterocycles. The number of rotatable bonds is 3. The van der Waals surface area contributed by atoms with Crippen molar-refractivity contribution in [3.63, 3.8) is 0 Å². The van der Waals surface area contributed by atoms with Crippen LogP contribution < -0.4 is 11.1 Å². The summed E-state index contributed by atoms with van der Waals surface area (Å²) in [5.74, 6) is -0.0327. The molecule has 0 aromatic heterocycles. The molecule has 0 aliphatic rings. The van der Waals surface area contributed by atoms with Crippen LogP contribution in [0.2, 0.25) is 0 Å². The van der Waals surface area contributed by atoms with Crippen molar-refractivity contribution in [1.82, 2.24) is 5.32 Å². The van der Waals surface area contributed by atoms with Gasteiger partial charge in [-0.3, -0.25) is 4.79 Å². The normalized spacial score (nSPS) is 15.8. The molecule has 1 unspecified atom stereocenters. The van der Waals surface area contributed by atoms with Gasteiger partial charge >= 0.3 is 0 Å². The highest BCUT2D eigenvalue weighted by Gasteiger charge is 2.32. The van der Waals surface area contributed by atoms with Crippen LogP contribution in [0.4, 0.5) is 0 Å². The molecule has 0 aromatic rings. The van der Waals surface area contributed by atoms with Gasteiger partial charge in [-0.2, -0.15) is 0 Å². The molecule has 82 valence electrons. The molecule has 4 heteroatoms. The zero-order valence-electron chi connectivity index (χ0n) is 9.60. The summed E-state index contributed by atoms with van der Waals surface area (Å²) in [5, 5.41) is 2.88. The second kappa shape index (κ2) is 4.26. The molecule has 0 rings (SSSR count). The van der Waals surface area contributed by atoms with Crippen LogP contribution in [-0.2, 0) is 4.79 Å². The summed E-state index contributed by atoms with van der Waals surface area (Å²) in [6.45, 7) is 9.37. The largest absolute Gasteiger partial charge is 0.391 e. The summed E-state index contributed by atoms with van der Waals surface area (Å²) in [6.07, 6.45) is 0.699. The lowest BCUT2D eigenvalue weighted by molar-refractivity contribution is -0.129. The molecule has 1 atom stereocenters. The van der Waals surface area contributed by atoms with Gasteiger partial charge in [0, 0.05) is 5.41 Å². The minimum absolute atomic E-state index is 0.0327. The Morgan fingerprint density at radius 1 is 1.36 bits per heavy atom. The fourth-order valence-corrected chi connectivity index (χ4v) is 0.958. The summed E-state index contributed by atoms with van der Waals surface area (Å²) in [7, 11) is 0. The first-order valence-electron chi connectivity index (χ1n) is 4.76. The molecule has 0 saturated carbocycles. The molecule has 3 N–H and O–H groups in total. The van der Waals surface area contributed by atoms with Crippen molar-refractivity contribution in [1.29, 1.82) is 0 Å². The Labute approximate surface area is 91.4 Å². The van der Waals surface area contributed by atoms with Gasteiger partial charge in [-0.25, -0.2) is 0 Å². The van der Waals surface area contributed by atoms with Gasteiger partial charge in [-0.1, -0.05) is 39.9 Å². The van der Waals surface area contributed by atoms with Gasteiger partial charge < -0.3 is 11.1 Å². The maximum Gasteiger partial charge on any atom is 0.226 e. The van der Waals surface area contributed by atoms with E-state index in [1.165, 1.54) is 0 Å². The van der Waals surface area contributed by atoms with E-state index in [9.17, 15) is 4.79 Å². The van der Waals surface area contributed by atoms with Crippen LogP contribution in [0.15, 0.2) is 0 Å². The minimum Gasteiger partial charge on any atom is -0.391 e. The Morgan fingerprint density at radius 3 is 2.00 bits per heavy atom. The quantitative estimate of drug-likeness (QED) is 0.705. The van der Waals surface area contributed by atoms with Crippen LogP contribution in [0.1, 0.15) is 41.0 Å². The smallest absolute Gasteiger partial charge is 0.226 e. The number of amides is 1. The van der Waals surface area contributed by atoms with Crippen molar-refractivity contribution in [2.75, 3.05) is 0 Å². The Kier molecular flexibility index (Phi) is 4.06. The monoisotopic (exact) mass is 216 g/mol. The van der Waals surface area contributed by atoms with Crippen LogP contribution in [-0.4, -0.2) is 16.4 Å². The lowest BCUT2D eigenvalue weighted by Gasteiger charge is -2.31. The predicted octanol–water partition coefficient (Wildman–Crippen LogP) is 1.60. The number of carbonyl (C=O) groups excluding carboxylic acids is 1. The summed E-state index contributed by atoms with van der Waals surface area (Å²) in [6, 6.07) is 0.